The molecule has 2 rings (SSSR count). The van der Waals surface area contributed by atoms with Crippen molar-refractivity contribution in [1.29, 1.82) is 0 Å². The van der Waals surface area contributed by atoms with E-state index >= 15 is 0 Å². The van der Waals surface area contributed by atoms with Gasteiger partial charge in [-0.2, -0.15) is 0 Å². The molecule has 0 aromatic rings. The Morgan fingerprint density at radius 3 is 2.72 bits per heavy atom. The molecule has 1 saturated carbocycles. The molecule has 1 aliphatic carbocycles. The number of fused-ring (bicyclic) bond motifs is 1. The number of carbonyl (C=O) groups is 1. The Bertz CT molecular complexity index is 280. The molecular formula is C14H26N2O2. The topological polar surface area (TPSA) is 52.6 Å². The lowest BCUT2D eigenvalue weighted by atomic mass is 9.85. The van der Waals surface area contributed by atoms with E-state index in [-0.39, 0.29) is 24.6 Å². The second kappa shape index (κ2) is 6.02. The van der Waals surface area contributed by atoms with Crippen molar-refractivity contribution in [3.63, 3.8) is 0 Å². The van der Waals surface area contributed by atoms with Gasteiger partial charge in [-0.25, -0.2) is 0 Å². The minimum atomic E-state index is -0.0213. The predicted molar refractivity (Wildman–Crippen MR) is 71.2 cm³/mol. The van der Waals surface area contributed by atoms with Gasteiger partial charge in [0.05, 0.1) is 12.6 Å². The zero-order valence-corrected chi connectivity index (χ0v) is 11.6. The minimum absolute atomic E-state index is 0.0213. The van der Waals surface area contributed by atoms with E-state index in [4.69, 9.17) is 5.11 Å². The molecule has 104 valence electrons. The van der Waals surface area contributed by atoms with Gasteiger partial charge in [-0.05, 0) is 39.0 Å². The summed E-state index contributed by atoms with van der Waals surface area (Å²) < 4.78 is 0. The molecule has 4 nitrogen and oxygen atoms in total. The fraction of sp³-hybridized carbons (Fsp3) is 0.929. The minimum Gasteiger partial charge on any atom is -0.395 e. The molecule has 4 heteroatoms. The number of nitrogens with zero attached hydrogens (tertiary/aromatic N) is 1. The smallest absolute Gasteiger partial charge is 0.240 e. The van der Waals surface area contributed by atoms with Crippen molar-refractivity contribution in [3.05, 3.63) is 0 Å². The van der Waals surface area contributed by atoms with Crippen molar-refractivity contribution in [2.45, 2.75) is 64.1 Å². The van der Waals surface area contributed by atoms with Gasteiger partial charge >= 0.3 is 0 Å². The van der Waals surface area contributed by atoms with Crippen molar-refractivity contribution in [2.75, 3.05) is 13.2 Å². The van der Waals surface area contributed by atoms with E-state index in [9.17, 15) is 4.79 Å². The number of hydrogen-bond acceptors (Lipinski definition) is 3. The van der Waals surface area contributed by atoms with Gasteiger partial charge < -0.3 is 15.3 Å². The van der Waals surface area contributed by atoms with Crippen LogP contribution in [0.4, 0.5) is 0 Å². The van der Waals surface area contributed by atoms with Gasteiger partial charge in [-0.15, -0.1) is 0 Å². The summed E-state index contributed by atoms with van der Waals surface area (Å²) in [6.07, 6.45) is 6.07. The summed E-state index contributed by atoms with van der Waals surface area (Å²) in [5.41, 5.74) is 0. The summed E-state index contributed by atoms with van der Waals surface area (Å²) >= 11 is 0. The molecular weight excluding hydrogens is 228 g/mol. The predicted octanol–water partition coefficient (Wildman–Crippen LogP) is 1.14. The number of rotatable bonds is 4. The van der Waals surface area contributed by atoms with Crippen LogP contribution in [-0.4, -0.2) is 47.2 Å². The van der Waals surface area contributed by atoms with Gasteiger partial charge in [-0.3, -0.25) is 4.79 Å². The molecule has 18 heavy (non-hydrogen) atoms. The van der Waals surface area contributed by atoms with Crippen molar-refractivity contribution in [3.8, 4) is 0 Å². The average molecular weight is 254 g/mol. The molecule has 0 bridgehead atoms. The summed E-state index contributed by atoms with van der Waals surface area (Å²) in [4.78, 5) is 14.3. The van der Waals surface area contributed by atoms with Crippen molar-refractivity contribution in [2.24, 2.45) is 5.92 Å². The highest BCUT2D eigenvalue weighted by molar-refractivity contribution is 5.82. The lowest BCUT2D eigenvalue weighted by Gasteiger charge is -2.29. The van der Waals surface area contributed by atoms with Gasteiger partial charge in [-0.1, -0.05) is 12.8 Å². The number of hydrogen-bond donors (Lipinski definition) is 2. The van der Waals surface area contributed by atoms with Gasteiger partial charge in [0.2, 0.25) is 5.91 Å². The van der Waals surface area contributed by atoms with E-state index in [0.29, 0.717) is 18.5 Å². The van der Waals surface area contributed by atoms with Crippen LogP contribution >= 0.6 is 0 Å². The summed E-state index contributed by atoms with van der Waals surface area (Å²) in [5, 5.41) is 12.6. The lowest BCUT2D eigenvalue weighted by Crippen LogP contribution is -2.49. The monoisotopic (exact) mass is 254 g/mol. The molecule has 0 spiro atoms. The third-order valence-corrected chi connectivity index (χ3v) is 4.41. The van der Waals surface area contributed by atoms with Crippen LogP contribution in [0.5, 0.6) is 0 Å². The first-order valence-corrected chi connectivity index (χ1v) is 7.31. The van der Waals surface area contributed by atoms with Gasteiger partial charge in [0, 0.05) is 18.6 Å². The van der Waals surface area contributed by atoms with Crippen molar-refractivity contribution >= 4 is 5.91 Å². The quantitative estimate of drug-likeness (QED) is 0.791. The van der Waals surface area contributed by atoms with Crippen LogP contribution in [0.1, 0.15) is 46.0 Å². The number of amides is 1. The molecule has 0 aromatic carbocycles. The van der Waals surface area contributed by atoms with Crippen LogP contribution in [0.2, 0.25) is 0 Å². The molecule has 3 unspecified atom stereocenters. The fourth-order valence-electron chi connectivity index (χ4n) is 3.44. The van der Waals surface area contributed by atoms with E-state index in [1.807, 2.05) is 13.8 Å². The molecule has 1 aliphatic heterocycles. The van der Waals surface area contributed by atoms with Crippen LogP contribution < -0.4 is 5.32 Å². The SMILES string of the molecule is CC(C)N(CCO)C(=O)C1CC2CCCCC2N1. The van der Waals surface area contributed by atoms with E-state index in [1.54, 1.807) is 4.90 Å². The van der Waals surface area contributed by atoms with E-state index < -0.39 is 0 Å². The molecule has 3 atom stereocenters. The first-order chi connectivity index (χ1) is 8.63. The Kier molecular flexibility index (Phi) is 4.62. The summed E-state index contributed by atoms with van der Waals surface area (Å²) in [5.74, 6) is 0.865. The highest BCUT2D eigenvalue weighted by atomic mass is 16.3. The first-order valence-electron chi connectivity index (χ1n) is 7.31. The maximum Gasteiger partial charge on any atom is 0.240 e. The van der Waals surface area contributed by atoms with E-state index in [0.717, 1.165) is 6.42 Å². The molecule has 1 heterocycles. The third kappa shape index (κ3) is 2.86. The number of nitrogens with one attached hydrogen (secondary N) is 1. The molecule has 2 aliphatic rings. The number of aliphatic hydroxyl groups is 1. The maximum absolute atomic E-state index is 12.5. The highest BCUT2D eigenvalue weighted by Gasteiger charge is 2.39. The molecule has 2 fully saturated rings. The number of carbonyl (C=O) groups excluding carboxylic acids is 1. The van der Waals surface area contributed by atoms with Crippen LogP contribution in [0.25, 0.3) is 0 Å². The standard InChI is InChI=1S/C14H26N2O2/c1-10(2)16(7-8-17)14(18)13-9-11-5-3-4-6-12(11)15-13/h10-13,15,17H,3-9H2,1-2H3. The molecule has 1 amide bonds. The largest absolute Gasteiger partial charge is 0.395 e. The molecule has 0 aromatic heterocycles. The lowest BCUT2D eigenvalue weighted by molar-refractivity contribution is -0.135. The van der Waals surface area contributed by atoms with Crippen molar-refractivity contribution in [1.82, 2.24) is 10.2 Å². The normalized spacial score (nSPS) is 31.4. The van der Waals surface area contributed by atoms with Gasteiger partial charge in [0.25, 0.3) is 0 Å². The van der Waals surface area contributed by atoms with Crippen LogP contribution in [0, 0.1) is 5.92 Å². The Balaban J connectivity index is 1.96. The third-order valence-electron chi connectivity index (χ3n) is 4.41. The molecule has 2 N–H and O–H groups in total. The Labute approximate surface area is 110 Å². The maximum atomic E-state index is 12.5. The second-order valence-corrected chi connectivity index (χ2v) is 5.95. The molecule has 0 radical (unpaired) electrons. The van der Waals surface area contributed by atoms with Crippen LogP contribution in [0.15, 0.2) is 0 Å². The Hall–Kier alpha value is -0.610. The van der Waals surface area contributed by atoms with E-state index in [2.05, 4.69) is 5.32 Å². The van der Waals surface area contributed by atoms with Gasteiger partial charge in [0.1, 0.15) is 0 Å². The Morgan fingerprint density at radius 2 is 2.11 bits per heavy atom. The summed E-state index contributed by atoms with van der Waals surface area (Å²) in [6, 6.07) is 0.692. The average Bonchev–Trinajstić information content (AvgIpc) is 2.78. The first kappa shape index (κ1) is 13.8. The van der Waals surface area contributed by atoms with Gasteiger partial charge in [0.15, 0.2) is 0 Å². The second-order valence-electron chi connectivity index (χ2n) is 5.95. The van der Waals surface area contributed by atoms with Crippen LogP contribution in [-0.2, 0) is 4.79 Å². The van der Waals surface area contributed by atoms with Crippen LogP contribution in [0.3, 0.4) is 0 Å². The zero-order chi connectivity index (χ0) is 13.1. The highest BCUT2D eigenvalue weighted by Crippen LogP contribution is 2.33. The molecule has 1 saturated heterocycles. The van der Waals surface area contributed by atoms with E-state index in [1.165, 1.54) is 25.7 Å². The summed E-state index contributed by atoms with van der Waals surface area (Å²) in [6.45, 7) is 4.51. The zero-order valence-electron chi connectivity index (χ0n) is 11.6. The Morgan fingerprint density at radius 1 is 1.39 bits per heavy atom. The summed E-state index contributed by atoms with van der Waals surface area (Å²) in [7, 11) is 0. The number of aliphatic hydroxyl groups excluding tert-OH is 1. The fourth-order valence-corrected chi connectivity index (χ4v) is 3.44. The van der Waals surface area contributed by atoms with Crippen molar-refractivity contribution < 1.29 is 9.90 Å².